The molecule has 1 N–H and O–H groups in total. The molecule has 0 aromatic heterocycles. The highest BCUT2D eigenvalue weighted by Gasteiger charge is 2.26. The van der Waals surface area contributed by atoms with Crippen LogP contribution in [0.25, 0.3) is 0 Å². The van der Waals surface area contributed by atoms with Crippen LogP contribution in [0.1, 0.15) is 38.5 Å². The van der Waals surface area contributed by atoms with Gasteiger partial charge in [-0.15, -0.1) is 0 Å². The van der Waals surface area contributed by atoms with E-state index in [-0.39, 0.29) is 0 Å². The molecule has 0 atom stereocenters. The first-order valence-corrected chi connectivity index (χ1v) is 8.18. The third-order valence-electron chi connectivity index (χ3n) is 4.91. The van der Waals surface area contributed by atoms with Crippen LogP contribution in [0, 0.1) is 0 Å². The number of piperazine rings is 1. The Bertz CT molecular complexity index is 297. The number of hydrogen-bond acceptors (Lipinski definition) is 3. The van der Waals surface area contributed by atoms with E-state index in [9.17, 15) is 0 Å². The van der Waals surface area contributed by atoms with Crippen molar-refractivity contribution >= 4 is 0 Å². The van der Waals surface area contributed by atoms with Crippen molar-refractivity contribution < 1.29 is 0 Å². The van der Waals surface area contributed by atoms with Gasteiger partial charge in [-0.25, -0.2) is 0 Å². The second-order valence-corrected chi connectivity index (χ2v) is 6.66. The highest BCUT2D eigenvalue weighted by Crippen LogP contribution is 2.24. The summed E-state index contributed by atoms with van der Waals surface area (Å²) in [4.78, 5) is 5.32. The smallest absolute Gasteiger partial charge is 0.0203 e. The van der Waals surface area contributed by atoms with Crippen molar-refractivity contribution in [1.82, 2.24) is 15.1 Å². The first-order valence-electron chi connectivity index (χ1n) is 8.18. The van der Waals surface area contributed by atoms with Crippen LogP contribution in [-0.2, 0) is 0 Å². The molecule has 3 heteroatoms. The van der Waals surface area contributed by atoms with E-state index >= 15 is 0 Å². The predicted octanol–water partition coefficient (Wildman–Crippen LogP) is 1.85. The fraction of sp³-hybridized carbons (Fsp3) is 0.875. The molecule has 19 heavy (non-hydrogen) atoms. The van der Waals surface area contributed by atoms with E-state index in [0.29, 0.717) is 0 Å². The first kappa shape index (κ1) is 13.6. The maximum atomic E-state index is 4.23. The van der Waals surface area contributed by atoms with E-state index < -0.39 is 0 Å². The average molecular weight is 263 g/mol. The number of rotatable bonds is 6. The van der Waals surface area contributed by atoms with Crippen molar-refractivity contribution in [3.8, 4) is 0 Å². The van der Waals surface area contributed by atoms with Crippen molar-refractivity contribution in [1.29, 1.82) is 0 Å². The molecular weight excluding hydrogens is 234 g/mol. The van der Waals surface area contributed by atoms with Gasteiger partial charge in [0.05, 0.1) is 0 Å². The van der Waals surface area contributed by atoms with Crippen molar-refractivity contribution in [2.45, 2.75) is 50.6 Å². The van der Waals surface area contributed by atoms with Crippen LogP contribution in [0.2, 0.25) is 0 Å². The molecule has 2 aliphatic carbocycles. The van der Waals surface area contributed by atoms with Gasteiger partial charge in [0.2, 0.25) is 0 Å². The Balaban J connectivity index is 1.33. The Kier molecular flexibility index (Phi) is 4.57. The summed E-state index contributed by atoms with van der Waals surface area (Å²) in [5, 5.41) is 3.56. The lowest BCUT2D eigenvalue weighted by molar-refractivity contribution is 0.103. The molecule has 1 aliphatic heterocycles. The third-order valence-corrected chi connectivity index (χ3v) is 4.91. The summed E-state index contributed by atoms with van der Waals surface area (Å²) in [6.45, 7) is 11.4. The van der Waals surface area contributed by atoms with Gasteiger partial charge in [0.1, 0.15) is 0 Å². The Labute approximate surface area is 118 Å². The van der Waals surface area contributed by atoms with Crippen LogP contribution in [-0.4, -0.2) is 61.2 Å². The highest BCUT2D eigenvalue weighted by atomic mass is 15.3. The molecule has 0 aromatic rings. The van der Waals surface area contributed by atoms with Crippen LogP contribution in [0.4, 0.5) is 0 Å². The summed E-state index contributed by atoms with van der Waals surface area (Å²) < 4.78 is 0. The standard InChI is InChI=1S/C16H29N3/c1-14(12-17-15-6-7-15)13-18-8-10-19(11-9-18)16-4-2-3-5-16/h15-17H,1-13H2. The topological polar surface area (TPSA) is 18.5 Å². The van der Waals surface area contributed by atoms with Crippen LogP contribution < -0.4 is 5.32 Å². The molecule has 108 valence electrons. The molecule has 0 spiro atoms. The average Bonchev–Trinajstić information content (AvgIpc) is 3.10. The summed E-state index contributed by atoms with van der Waals surface area (Å²) in [6.07, 6.45) is 8.53. The Morgan fingerprint density at radius 1 is 1.00 bits per heavy atom. The van der Waals surface area contributed by atoms with Crippen molar-refractivity contribution in [2.24, 2.45) is 0 Å². The van der Waals surface area contributed by atoms with Crippen molar-refractivity contribution in [3.05, 3.63) is 12.2 Å². The van der Waals surface area contributed by atoms with E-state index in [2.05, 4.69) is 21.7 Å². The molecule has 3 nitrogen and oxygen atoms in total. The van der Waals surface area contributed by atoms with Gasteiger partial charge < -0.3 is 5.32 Å². The maximum Gasteiger partial charge on any atom is 0.0203 e. The van der Waals surface area contributed by atoms with E-state index in [4.69, 9.17) is 0 Å². The molecule has 0 bridgehead atoms. The van der Waals surface area contributed by atoms with Gasteiger partial charge in [-0.1, -0.05) is 19.4 Å². The SMILES string of the molecule is C=C(CNC1CC1)CN1CCN(C2CCCC2)CC1. The quantitative estimate of drug-likeness (QED) is 0.738. The summed E-state index contributed by atoms with van der Waals surface area (Å²) >= 11 is 0. The minimum absolute atomic E-state index is 0.802. The van der Waals surface area contributed by atoms with Crippen LogP contribution in [0.5, 0.6) is 0 Å². The van der Waals surface area contributed by atoms with Crippen LogP contribution >= 0.6 is 0 Å². The number of nitrogens with one attached hydrogen (secondary N) is 1. The van der Waals surface area contributed by atoms with Crippen LogP contribution in [0.3, 0.4) is 0 Å². The van der Waals surface area contributed by atoms with Gasteiger partial charge >= 0.3 is 0 Å². The third kappa shape index (κ3) is 4.04. The van der Waals surface area contributed by atoms with Crippen LogP contribution in [0.15, 0.2) is 12.2 Å². The maximum absolute atomic E-state index is 4.23. The van der Waals surface area contributed by atoms with Crippen molar-refractivity contribution in [3.63, 3.8) is 0 Å². The van der Waals surface area contributed by atoms with E-state index in [1.54, 1.807) is 0 Å². The Hall–Kier alpha value is -0.380. The molecule has 0 aromatic carbocycles. The van der Waals surface area contributed by atoms with E-state index in [1.807, 2.05) is 0 Å². The summed E-state index contributed by atoms with van der Waals surface area (Å²) in [5.74, 6) is 0. The molecular formula is C16H29N3. The summed E-state index contributed by atoms with van der Waals surface area (Å²) in [7, 11) is 0. The normalized spacial score (nSPS) is 26.9. The molecule has 0 unspecified atom stereocenters. The van der Waals surface area contributed by atoms with Gasteiger partial charge in [-0.2, -0.15) is 0 Å². The number of nitrogens with zero attached hydrogens (tertiary/aromatic N) is 2. The monoisotopic (exact) mass is 263 g/mol. The zero-order valence-electron chi connectivity index (χ0n) is 12.2. The lowest BCUT2D eigenvalue weighted by Crippen LogP contribution is -2.50. The first-order chi connectivity index (χ1) is 9.31. The second-order valence-electron chi connectivity index (χ2n) is 6.66. The minimum Gasteiger partial charge on any atom is -0.310 e. The highest BCUT2D eigenvalue weighted by molar-refractivity contribution is 5.02. The molecule has 1 saturated heterocycles. The zero-order valence-corrected chi connectivity index (χ0v) is 12.2. The van der Waals surface area contributed by atoms with Gasteiger partial charge in [0.25, 0.3) is 0 Å². The fourth-order valence-electron chi connectivity index (χ4n) is 3.50. The van der Waals surface area contributed by atoms with Gasteiger partial charge in [0, 0.05) is 51.4 Å². The molecule has 0 radical (unpaired) electrons. The van der Waals surface area contributed by atoms with E-state index in [0.717, 1.165) is 25.2 Å². The van der Waals surface area contributed by atoms with Crippen molar-refractivity contribution in [2.75, 3.05) is 39.3 Å². The second kappa shape index (κ2) is 6.38. The summed E-state index contributed by atoms with van der Waals surface area (Å²) in [6, 6.07) is 1.71. The molecule has 0 amide bonds. The number of hydrogen-bond donors (Lipinski definition) is 1. The Morgan fingerprint density at radius 2 is 1.68 bits per heavy atom. The lowest BCUT2D eigenvalue weighted by Gasteiger charge is -2.38. The zero-order chi connectivity index (χ0) is 13.1. The van der Waals surface area contributed by atoms with Gasteiger partial charge in [-0.05, 0) is 31.3 Å². The Morgan fingerprint density at radius 3 is 2.32 bits per heavy atom. The molecule has 2 saturated carbocycles. The van der Waals surface area contributed by atoms with Gasteiger partial charge in [-0.3, -0.25) is 9.80 Å². The summed E-state index contributed by atoms with van der Waals surface area (Å²) in [5.41, 5.74) is 1.36. The molecule has 3 fully saturated rings. The predicted molar refractivity (Wildman–Crippen MR) is 80.4 cm³/mol. The minimum atomic E-state index is 0.802. The van der Waals surface area contributed by atoms with Gasteiger partial charge in [0.15, 0.2) is 0 Å². The van der Waals surface area contributed by atoms with E-state index in [1.165, 1.54) is 70.3 Å². The molecule has 1 heterocycles. The fourth-order valence-corrected chi connectivity index (χ4v) is 3.50. The lowest BCUT2D eigenvalue weighted by atomic mass is 10.1. The largest absolute Gasteiger partial charge is 0.310 e. The molecule has 3 aliphatic rings. The molecule has 3 rings (SSSR count).